The predicted molar refractivity (Wildman–Crippen MR) is 146 cm³/mol. The highest BCUT2D eigenvalue weighted by molar-refractivity contribution is 8.02. The van der Waals surface area contributed by atoms with E-state index in [2.05, 4.69) is 13.5 Å². The Morgan fingerprint density at radius 1 is 1.24 bits per heavy atom. The lowest BCUT2D eigenvalue weighted by Crippen LogP contribution is -2.55. The Hall–Kier alpha value is -2.32. The van der Waals surface area contributed by atoms with E-state index in [4.69, 9.17) is 4.74 Å². The lowest BCUT2D eigenvalue weighted by Gasteiger charge is -2.38. The molecule has 7 nitrogen and oxygen atoms in total. The molecule has 1 spiro atoms. The number of anilines is 1. The standard InChI is InChI=1S/C29H40N2O5S/c1-6-16-30(23-19(3)12-11-13-20(23)4)26(34)24-29-15-14-28(5,37-29)22(27(35)36-7-2)21(29)25(33)31(24)17-9-8-10-18-32/h6,11-13,21-22,24,32H,1,7-10,14-18H2,2-5H3/t21-,22-,24?,28+,29?/m0/s1. The summed E-state index contributed by atoms with van der Waals surface area (Å²) < 4.78 is 4.36. The van der Waals surface area contributed by atoms with Crippen LogP contribution in [0.1, 0.15) is 57.1 Å². The number of hydrogen-bond donors (Lipinski definition) is 1. The maximum absolute atomic E-state index is 14.6. The number of nitrogens with zero attached hydrogens (tertiary/aromatic N) is 2. The molecule has 3 aliphatic rings. The van der Waals surface area contributed by atoms with Gasteiger partial charge in [0, 0.05) is 30.1 Å². The molecule has 4 rings (SSSR count). The monoisotopic (exact) mass is 528 g/mol. The average Bonchev–Trinajstić information content (AvgIpc) is 3.41. The van der Waals surface area contributed by atoms with Gasteiger partial charge in [-0.1, -0.05) is 24.3 Å². The van der Waals surface area contributed by atoms with Crippen LogP contribution in [0.3, 0.4) is 0 Å². The van der Waals surface area contributed by atoms with Gasteiger partial charge >= 0.3 is 5.97 Å². The molecule has 8 heteroatoms. The Balaban J connectivity index is 1.79. The molecule has 2 bridgehead atoms. The number of benzene rings is 1. The number of aryl methyl sites for hydroxylation is 2. The second-order valence-corrected chi connectivity index (χ2v) is 12.7. The molecule has 2 amide bonds. The van der Waals surface area contributed by atoms with Gasteiger partial charge < -0.3 is 19.6 Å². The lowest BCUT2D eigenvalue weighted by atomic mass is 9.66. The number of hydrogen-bond acceptors (Lipinski definition) is 6. The minimum absolute atomic E-state index is 0.0989. The minimum Gasteiger partial charge on any atom is -0.466 e. The fraction of sp³-hybridized carbons (Fsp3) is 0.621. The van der Waals surface area contributed by atoms with Crippen molar-refractivity contribution in [2.24, 2.45) is 11.8 Å². The van der Waals surface area contributed by atoms with E-state index in [1.807, 2.05) is 32.0 Å². The number of unbranched alkanes of at least 4 members (excludes halogenated alkanes) is 2. The molecule has 1 aromatic rings. The van der Waals surface area contributed by atoms with E-state index in [9.17, 15) is 19.5 Å². The summed E-state index contributed by atoms with van der Waals surface area (Å²) in [6.07, 6.45) is 5.30. The summed E-state index contributed by atoms with van der Waals surface area (Å²) in [5.74, 6) is -1.70. The smallest absolute Gasteiger partial charge is 0.311 e. The Bertz CT molecular complexity index is 1060. The maximum atomic E-state index is 14.6. The zero-order valence-electron chi connectivity index (χ0n) is 22.5. The number of thioether (sulfide) groups is 1. The Morgan fingerprint density at radius 2 is 1.95 bits per heavy atom. The molecule has 1 aromatic carbocycles. The van der Waals surface area contributed by atoms with Gasteiger partial charge in [-0.3, -0.25) is 14.4 Å². The van der Waals surface area contributed by atoms with Gasteiger partial charge in [-0.15, -0.1) is 18.3 Å². The highest BCUT2D eigenvalue weighted by Crippen LogP contribution is 2.71. The number of carbonyl (C=O) groups excluding carboxylic acids is 3. The summed E-state index contributed by atoms with van der Waals surface area (Å²) in [7, 11) is 0. The molecule has 0 aromatic heterocycles. The van der Waals surface area contributed by atoms with Gasteiger partial charge in [-0.25, -0.2) is 0 Å². The molecule has 0 saturated carbocycles. The van der Waals surface area contributed by atoms with E-state index >= 15 is 0 Å². The molecule has 0 aliphatic carbocycles. The molecule has 3 aliphatic heterocycles. The summed E-state index contributed by atoms with van der Waals surface area (Å²) in [5, 5.41) is 9.25. The largest absolute Gasteiger partial charge is 0.466 e. The molecule has 3 fully saturated rings. The third-order valence-corrected chi connectivity index (χ3v) is 10.4. The minimum atomic E-state index is -0.677. The summed E-state index contributed by atoms with van der Waals surface area (Å²) in [4.78, 5) is 45.5. The van der Waals surface area contributed by atoms with Gasteiger partial charge in [-0.2, -0.15) is 0 Å². The van der Waals surface area contributed by atoms with Gasteiger partial charge in [-0.05, 0) is 70.9 Å². The van der Waals surface area contributed by atoms with Crippen LogP contribution >= 0.6 is 11.8 Å². The molecule has 3 heterocycles. The van der Waals surface area contributed by atoms with Crippen molar-refractivity contribution in [3.8, 4) is 0 Å². The highest BCUT2D eigenvalue weighted by Gasteiger charge is 2.77. The van der Waals surface area contributed by atoms with E-state index < -0.39 is 27.4 Å². The summed E-state index contributed by atoms with van der Waals surface area (Å²) in [5.41, 5.74) is 2.83. The number of aliphatic hydroxyl groups excluding tert-OH is 1. The number of ether oxygens (including phenoxy) is 1. The molecule has 1 N–H and O–H groups in total. The Labute approximate surface area is 224 Å². The number of esters is 1. The van der Waals surface area contributed by atoms with Crippen molar-refractivity contribution >= 4 is 35.2 Å². The number of para-hydroxylation sites is 1. The number of fused-ring (bicyclic) bond motifs is 1. The zero-order valence-corrected chi connectivity index (χ0v) is 23.3. The molecule has 202 valence electrons. The predicted octanol–water partition coefficient (Wildman–Crippen LogP) is 4.03. The van der Waals surface area contributed by atoms with E-state index in [1.165, 1.54) is 0 Å². The van der Waals surface area contributed by atoms with Gasteiger partial charge in [0.25, 0.3) is 5.91 Å². The van der Waals surface area contributed by atoms with Crippen molar-refractivity contribution in [1.82, 2.24) is 4.90 Å². The lowest BCUT2D eigenvalue weighted by molar-refractivity contribution is -0.155. The van der Waals surface area contributed by atoms with Crippen molar-refractivity contribution < 1.29 is 24.2 Å². The number of rotatable bonds is 11. The topological polar surface area (TPSA) is 87.2 Å². The molecule has 3 saturated heterocycles. The van der Waals surface area contributed by atoms with E-state index in [0.29, 0.717) is 32.4 Å². The van der Waals surface area contributed by atoms with Crippen molar-refractivity contribution in [2.45, 2.75) is 75.3 Å². The number of likely N-dealkylation sites (tertiary alicyclic amines) is 1. The second kappa shape index (κ2) is 10.8. The second-order valence-electron chi connectivity index (χ2n) is 10.8. The zero-order chi connectivity index (χ0) is 27.0. The quantitative estimate of drug-likeness (QED) is 0.265. The fourth-order valence-electron chi connectivity index (χ4n) is 6.91. The van der Waals surface area contributed by atoms with Crippen LogP contribution in [0.5, 0.6) is 0 Å². The van der Waals surface area contributed by atoms with E-state index in [-0.39, 0.29) is 31.0 Å². The SMILES string of the molecule is C=CCN(C(=O)C1N(CCCCCO)C(=O)[C@@H]2[C@@H](C(=O)OCC)[C@@]3(C)CCC12S3)c1c(C)cccc1C. The molecule has 2 unspecified atom stereocenters. The molecule has 37 heavy (non-hydrogen) atoms. The average molecular weight is 529 g/mol. The molecule has 5 atom stereocenters. The first-order valence-electron chi connectivity index (χ1n) is 13.4. The van der Waals surface area contributed by atoms with Gasteiger partial charge in [0.2, 0.25) is 5.91 Å². The third-order valence-electron chi connectivity index (χ3n) is 8.40. The fourth-order valence-corrected chi connectivity index (χ4v) is 9.24. The van der Waals surface area contributed by atoms with Crippen LogP contribution in [0.15, 0.2) is 30.9 Å². The van der Waals surface area contributed by atoms with Gasteiger partial charge in [0.1, 0.15) is 6.04 Å². The van der Waals surface area contributed by atoms with Crippen LogP contribution in [0.4, 0.5) is 5.69 Å². The highest BCUT2D eigenvalue weighted by atomic mass is 32.2. The van der Waals surface area contributed by atoms with E-state index in [1.54, 1.807) is 34.6 Å². The Kier molecular flexibility index (Phi) is 8.10. The maximum Gasteiger partial charge on any atom is 0.311 e. The van der Waals surface area contributed by atoms with Crippen molar-refractivity contribution in [2.75, 3.05) is 31.2 Å². The number of carbonyl (C=O) groups is 3. The van der Waals surface area contributed by atoms with Crippen LogP contribution < -0.4 is 4.90 Å². The molecular formula is C29H40N2O5S. The summed E-state index contributed by atoms with van der Waals surface area (Å²) >= 11 is 1.66. The van der Waals surface area contributed by atoms with Crippen LogP contribution in [0, 0.1) is 25.7 Å². The molecule has 0 radical (unpaired) electrons. The van der Waals surface area contributed by atoms with Crippen molar-refractivity contribution in [1.29, 1.82) is 0 Å². The van der Waals surface area contributed by atoms with Crippen molar-refractivity contribution in [3.05, 3.63) is 42.0 Å². The Morgan fingerprint density at radius 3 is 2.57 bits per heavy atom. The number of aliphatic hydroxyl groups is 1. The van der Waals surface area contributed by atoms with Crippen LogP contribution in [0.2, 0.25) is 0 Å². The van der Waals surface area contributed by atoms with E-state index in [0.717, 1.165) is 29.7 Å². The number of amides is 2. The van der Waals surface area contributed by atoms with Gasteiger partial charge in [0.05, 0.1) is 23.2 Å². The molecular weight excluding hydrogens is 488 g/mol. The summed E-state index contributed by atoms with van der Waals surface area (Å²) in [6, 6.07) is 5.29. The van der Waals surface area contributed by atoms with Crippen LogP contribution in [0.25, 0.3) is 0 Å². The normalized spacial score (nSPS) is 29.9. The first kappa shape index (κ1) is 27.7. The summed E-state index contributed by atoms with van der Waals surface area (Å²) in [6.45, 7) is 12.9. The first-order chi connectivity index (χ1) is 17.7. The van der Waals surface area contributed by atoms with Crippen molar-refractivity contribution in [3.63, 3.8) is 0 Å². The third kappa shape index (κ3) is 4.50. The van der Waals surface area contributed by atoms with Gasteiger partial charge in [0.15, 0.2) is 0 Å². The van der Waals surface area contributed by atoms with Crippen LogP contribution in [-0.2, 0) is 19.1 Å². The van der Waals surface area contributed by atoms with Crippen LogP contribution in [-0.4, -0.2) is 69.6 Å². The first-order valence-corrected chi connectivity index (χ1v) is 14.2.